The van der Waals surface area contributed by atoms with Crippen LogP contribution in [0, 0.1) is 0 Å². The summed E-state index contributed by atoms with van der Waals surface area (Å²) in [5.74, 6) is 1.27. The van der Waals surface area contributed by atoms with Gasteiger partial charge in [0.25, 0.3) is 5.91 Å². The van der Waals surface area contributed by atoms with E-state index in [1.54, 1.807) is 21.3 Å². The van der Waals surface area contributed by atoms with Crippen molar-refractivity contribution in [2.45, 2.75) is 6.42 Å². The first-order chi connectivity index (χ1) is 11.1. The van der Waals surface area contributed by atoms with Crippen LogP contribution in [0.2, 0.25) is 0 Å². The van der Waals surface area contributed by atoms with Crippen molar-refractivity contribution in [2.75, 3.05) is 21.3 Å². The molecular formula is C18H18N2O3. The number of carbonyl (C=O) groups is 1. The van der Waals surface area contributed by atoms with Crippen LogP contribution in [0.25, 0.3) is 0 Å². The molecular weight excluding hydrogens is 292 g/mol. The third kappa shape index (κ3) is 2.90. The lowest BCUT2D eigenvalue weighted by atomic mass is 9.98. The Kier molecular flexibility index (Phi) is 4.02. The molecule has 118 valence electrons. The Hall–Kier alpha value is -2.82. The van der Waals surface area contributed by atoms with Crippen LogP contribution in [0.15, 0.2) is 47.6 Å². The van der Waals surface area contributed by atoms with Gasteiger partial charge >= 0.3 is 0 Å². The molecule has 0 atom stereocenters. The summed E-state index contributed by atoms with van der Waals surface area (Å²) in [7, 11) is 4.89. The van der Waals surface area contributed by atoms with Gasteiger partial charge < -0.3 is 9.47 Å². The van der Waals surface area contributed by atoms with Crippen LogP contribution in [0.5, 0.6) is 11.5 Å². The summed E-state index contributed by atoms with van der Waals surface area (Å²) >= 11 is 0. The average Bonchev–Trinajstić information content (AvgIpc) is 2.72. The van der Waals surface area contributed by atoms with Gasteiger partial charge in [0, 0.05) is 30.7 Å². The number of rotatable bonds is 3. The maximum absolute atomic E-state index is 12.4. The molecule has 1 heterocycles. The van der Waals surface area contributed by atoms with Gasteiger partial charge in [-0.05, 0) is 23.8 Å². The number of carbonyl (C=O) groups excluding carboxylic acids is 1. The minimum Gasteiger partial charge on any atom is -0.497 e. The molecule has 0 saturated carbocycles. The fourth-order valence-electron chi connectivity index (χ4n) is 2.63. The normalized spacial score (nSPS) is 14.0. The summed E-state index contributed by atoms with van der Waals surface area (Å²) in [6, 6.07) is 13.2. The lowest BCUT2D eigenvalue weighted by Gasteiger charge is -2.12. The van der Waals surface area contributed by atoms with Gasteiger partial charge in [-0.25, -0.2) is 5.01 Å². The van der Waals surface area contributed by atoms with E-state index in [0.29, 0.717) is 23.5 Å². The lowest BCUT2D eigenvalue weighted by molar-refractivity contribution is 0.0800. The number of ether oxygens (including phenoxy) is 2. The van der Waals surface area contributed by atoms with E-state index in [4.69, 9.17) is 9.47 Å². The number of nitrogens with zero attached hydrogens (tertiary/aromatic N) is 2. The van der Waals surface area contributed by atoms with E-state index in [1.165, 1.54) is 5.01 Å². The van der Waals surface area contributed by atoms with Crippen molar-refractivity contribution >= 4 is 11.6 Å². The topological polar surface area (TPSA) is 51.1 Å². The highest BCUT2D eigenvalue weighted by Crippen LogP contribution is 2.26. The van der Waals surface area contributed by atoms with Crippen LogP contribution >= 0.6 is 0 Å². The Morgan fingerprint density at radius 1 is 1.04 bits per heavy atom. The molecule has 1 aliphatic rings. The number of hydrogen-bond donors (Lipinski definition) is 0. The van der Waals surface area contributed by atoms with Crippen LogP contribution in [0.1, 0.15) is 21.5 Å². The number of benzene rings is 2. The molecule has 2 aromatic rings. The van der Waals surface area contributed by atoms with Gasteiger partial charge in [-0.1, -0.05) is 18.2 Å². The van der Waals surface area contributed by atoms with Gasteiger partial charge in [-0.15, -0.1) is 0 Å². The first-order valence-corrected chi connectivity index (χ1v) is 7.29. The zero-order valence-corrected chi connectivity index (χ0v) is 13.4. The van der Waals surface area contributed by atoms with Crippen molar-refractivity contribution in [1.29, 1.82) is 0 Å². The summed E-state index contributed by atoms with van der Waals surface area (Å²) in [5, 5.41) is 5.86. The van der Waals surface area contributed by atoms with Crippen LogP contribution in [-0.2, 0) is 6.42 Å². The van der Waals surface area contributed by atoms with Crippen molar-refractivity contribution in [2.24, 2.45) is 5.10 Å². The number of hydrogen-bond acceptors (Lipinski definition) is 4. The number of methoxy groups -OCH3 is 2. The second kappa shape index (κ2) is 6.12. The Labute approximate surface area is 135 Å². The molecule has 0 spiro atoms. The molecule has 3 rings (SSSR count). The molecule has 0 N–H and O–H groups in total. The zero-order valence-electron chi connectivity index (χ0n) is 13.4. The Balaban J connectivity index is 2.10. The van der Waals surface area contributed by atoms with Crippen molar-refractivity contribution in [3.63, 3.8) is 0 Å². The van der Waals surface area contributed by atoms with E-state index in [2.05, 4.69) is 5.10 Å². The van der Waals surface area contributed by atoms with E-state index >= 15 is 0 Å². The largest absolute Gasteiger partial charge is 0.497 e. The smallest absolute Gasteiger partial charge is 0.273 e. The highest BCUT2D eigenvalue weighted by atomic mass is 16.5. The van der Waals surface area contributed by atoms with Gasteiger partial charge in [0.05, 0.1) is 19.9 Å². The van der Waals surface area contributed by atoms with E-state index < -0.39 is 0 Å². The van der Waals surface area contributed by atoms with Gasteiger partial charge in [0.15, 0.2) is 0 Å². The molecule has 0 fully saturated rings. The molecule has 0 saturated heterocycles. The molecule has 5 heteroatoms. The van der Waals surface area contributed by atoms with Crippen LogP contribution in [0.3, 0.4) is 0 Å². The van der Waals surface area contributed by atoms with Crippen LogP contribution in [-0.4, -0.2) is 37.9 Å². The van der Waals surface area contributed by atoms with Crippen LogP contribution in [0.4, 0.5) is 0 Å². The molecule has 0 unspecified atom stereocenters. The van der Waals surface area contributed by atoms with E-state index in [1.807, 2.05) is 42.5 Å². The first-order valence-electron chi connectivity index (χ1n) is 7.29. The highest BCUT2D eigenvalue weighted by Gasteiger charge is 2.22. The number of hydrazone groups is 1. The summed E-state index contributed by atoms with van der Waals surface area (Å²) in [5.41, 5.74) is 3.31. The van der Waals surface area contributed by atoms with Crippen molar-refractivity contribution in [3.05, 3.63) is 59.2 Å². The third-order valence-electron chi connectivity index (χ3n) is 3.85. The third-order valence-corrected chi connectivity index (χ3v) is 3.85. The molecule has 0 bridgehead atoms. The minimum atomic E-state index is -0.106. The predicted octanol–water partition coefficient (Wildman–Crippen LogP) is 2.74. The van der Waals surface area contributed by atoms with Crippen LogP contribution < -0.4 is 9.47 Å². The fourth-order valence-corrected chi connectivity index (χ4v) is 2.63. The van der Waals surface area contributed by atoms with E-state index in [9.17, 15) is 4.79 Å². The second-order valence-electron chi connectivity index (χ2n) is 5.31. The zero-order chi connectivity index (χ0) is 16.4. The molecule has 0 aliphatic carbocycles. The summed E-state index contributed by atoms with van der Waals surface area (Å²) in [4.78, 5) is 12.4. The van der Waals surface area contributed by atoms with Gasteiger partial charge in [0.1, 0.15) is 11.5 Å². The van der Waals surface area contributed by atoms with Gasteiger partial charge in [-0.3, -0.25) is 4.79 Å². The molecule has 5 nitrogen and oxygen atoms in total. The van der Waals surface area contributed by atoms with E-state index in [0.717, 1.165) is 16.8 Å². The lowest BCUT2D eigenvalue weighted by Crippen LogP contribution is -2.21. The maximum atomic E-state index is 12.4. The molecule has 1 amide bonds. The maximum Gasteiger partial charge on any atom is 0.273 e. The molecule has 1 aliphatic heterocycles. The molecule has 0 radical (unpaired) electrons. The SMILES string of the molecule is COc1cc(OC)cc(C2=NN(C)C(=O)c3ccccc3C2)c1. The molecule has 2 aromatic carbocycles. The Morgan fingerprint density at radius 3 is 2.35 bits per heavy atom. The highest BCUT2D eigenvalue weighted by molar-refractivity contribution is 6.07. The first kappa shape index (κ1) is 15.1. The Bertz CT molecular complexity index is 761. The quantitative estimate of drug-likeness (QED) is 0.876. The predicted molar refractivity (Wildman–Crippen MR) is 88.3 cm³/mol. The second-order valence-corrected chi connectivity index (χ2v) is 5.31. The van der Waals surface area contributed by atoms with Gasteiger partial charge in [-0.2, -0.15) is 5.10 Å². The number of fused-ring (bicyclic) bond motifs is 1. The molecule has 0 aromatic heterocycles. The van der Waals surface area contributed by atoms with Crippen molar-refractivity contribution in [3.8, 4) is 11.5 Å². The monoisotopic (exact) mass is 310 g/mol. The van der Waals surface area contributed by atoms with E-state index in [-0.39, 0.29) is 5.91 Å². The summed E-state index contributed by atoms with van der Waals surface area (Å²) in [6.45, 7) is 0. The fraction of sp³-hybridized carbons (Fsp3) is 0.222. The van der Waals surface area contributed by atoms with Crippen molar-refractivity contribution in [1.82, 2.24) is 5.01 Å². The van der Waals surface area contributed by atoms with Crippen molar-refractivity contribution < 1.29 is 14.3 Å². The number of amides is 1. The average molecular weight is 310 g/mol. The Morgan fingerprint density at radius 2 is 1.70 bits per heavy atom. The summed E-state index contributed by atoms with van der Waals surface area (Å²) < 4.78 is 10.6. The summed E-state index contributed by atoms with van der Waals surface area (Å²) in [6.07, 6.45) is 0.572. The minimum absolute atomic E-state index is 0.106. The molecule has 23 heavy (non-hydrogen) atoms. The standard InChI is InChI=1S/C18H18N2O3/c1-20-18(21)16-7-5-4-6-12(16)10-17(19-20)13-8-14(22-2)11-15(9-13)23-3/h4-9,11H,10H2,1-3H3. The van der Waals surface area contributed by atoms with Gasteiger partial charge in [0.2, 0.25) is 0 Å².